The summed E-state index contributed by atoms with van der Waals surface area (Å²) in [5.41, 5.74) is 5.13. The molecule has 0 bridgehead atoms. The summed E-state index contributed by atoms with van der Waals surface area (Å²) in [4.78, 5) is 23.9. The van der Waals surface area contributed by atoms with Crippen molar-refractivity contribution in [1.82, 2.24) is 10.6 Å². The van der Waals surface area contributed by atoms with E-state index in [-0.39, 0.29) is 11.8 Å². The first-order valence-corrected chi connectivity index (χ1v) is 7.65. The van der Waals surface area contributed by atoms with Crippen LogP contribution in [-0.4, -0.2) is 29.9 Å². The lowest BCUT2D eigenvalue weighted by molar-refractivity contribution is -0.130. The molecule has 0 aromatic heterocycles. The van der Waals surface area contributed by atoms with Gasteiger partial charge >= 0.3 is 0 Å². The molecule has 2 amide bonds. The average Bonchev–Trinajstić information content (AvgIpc) is 2.39. The van der Waals surface area contributed by atoms with Crippen molar-refractivity contribution in [2.24, 2.45) is 11.7 Å². The number of hydrogen-bond donors (Lipinski definition) is 3. The smallest absolute Gasteiger partial charge is 0.242 e. The number of hydrogen-bond acceptors (Lipinski definition) is 3. The second kappa shape index (κ2) is 7.62. The summed E-state index contributed by atoms with van der Waals surface area (Å²) < 4.78 is 0. The Balaban J connectivity index is 2.34. The first kappa shape index (κ1) is 17.0. The molecule has 0 aliphatic heterocycles. The van der Waals surface area contributed by atoms with Gasteiger partial charge < -0.3 is 16.4 Å². The third-order valence-electron chi connectivity index (χ3n) is 3.94. The van der Waals surface area contributed by atoms with Crippen molar-refractivity contribution >= 4 is 11.8 Å². The molecular formula is C15H29N3O2. The zero-order chi connectivity index (χ0) is 15.2. The van der Waals surface area contributed by atoms with Gasteiger partial charge in [-0.1, -0.05) is 19.3 Å². The van der Waals surface area contributed by atoms with E-state index in [1.54, 1.807) is 6.92 Å². The normalized spacial score (nSPS) is 18.4. The van der Waals surface area contributed by atoms with E-state index in [1.807, 2.05) is 13.8 Å². The third kappa shape index (κ3) is 5.90. The molecule has 1 unspecified atom stereocenters. The van der Waals surface area contributed by atoms with Crippen LogP contribution in [0.5, 0.6) is 0 Å². The standard InChI is InChI=1S/C15H29N3O2/c1-11(14(20)18-15(2,3)10-16)17-13(19)9-12-7-5-4-6-8-12/h11-12H,4-10,16H2,1-3H3,(H,17,19)(H,18,20). The predicted octanol–water partition coefficient (Wildman–Crippen LogP) is 1.32. The number of carbonyl (C=O) groups excluding carboxylic acids is 2. The highest BCUT2D eigenvalue weighted by Gasteiger charge is 2.24. The van der Waals surface area contributed by atoms with Gasteiger partial charge in [0.05, 0.1) is 0 Å². The Kier molecular flexibility index (Phi) is 6.46. The van der Waals surface area contributed by atoms with Gasteiger partial charge in [-0.2, -0.15) is 0 Å². The van der Waals surface area contributed by atoms with Crippen LogP contribution in [0.25, 0.3) is 0 Å². The van der Waals surface area contributed by atoms with Crippen molar-refractivity contribution in [1.29, 1.82) is 0 Å². The van der Waals surface area contributed by atoms with Gasteiger partial charge in [-0.05, 0) is 39.5 Å². The molecule has 0 saturated heterocycles. The van der Waals surface area contributed by atoms with Crippen molar-refractivity contribution in [3.63, 3.8) is 0 Å². The fourth-order valence-corrected chi connectivity index (χ4v) is 2.51. The first-order valence-electron chi connectivity index (χ1n) is 7.65. The second-order valence-corrected chi connectivity index (χ2v) is 6.57. The molecule has 1 atom stereocenters. The van der Waals surface area contributed by atoms with Crippen LogP contribution >= 0.6 is 0 Å². The molecule has 1 aliphatic rings. The van der Waals surface area contributed by atoms with Gasteiger partial charge in [0.25, 0.3) is 0 Å². The summed E-state index contributed by atoms with van der Waals surface area (Å²) in [6.45, 7) is 5.80. The van der Waals surface area contributed by atoms with Crippen LogP contribution < -0.4 is 16.4 Å². The molecule has 1 saturated carbocycles. The van der Waals surface area contributed by atoms with Crippen LogP contribution in [-0.2, 0) is 9.59 Å². The molecule has 5 nitrogen and oxygen atoms in total. The van der Waals surface area contributed by atoms with Crippen LogP contribution in [0.1, 0.15) is 59.3 Å². The first-order chi connectivity index (χ1) is 9.34. The van der Waals surface area contributed by atoms with Crippen molar-refractivity contribution in [2.45, 2.75) is 70.9 Å². The Morgan fingerprint density at radius 1 is 1.25 bits per heavy atom. The zero-order valence-electron chi connectivity index (χ0n) is 13.0. The summed E-state index contributed by atoms with van der Waals surface area (Å²) in [5.74, 6) is 0.280. The lowest BCUT2D eigenvalue weighted by Gasteiger charge is -2.27. The van der Waals surface area contributed by atoms with Crippen LogP contribution in [0.3, 0.4) is 0 Å². The Morgan fingerprint density at radius 2 is 1.85 bits per heavy atom. The van der Waals surface area contributed by atoms with Crippen molar-refractivity contribution in [2.75, 3.05) is 6.54 Å². The number of nitrogens with one attached hydrogen (secondary N) is 2. The minimum absolute atomic E-state index is 0.0231. The third-order valence-corrected chi connectivity index (χ3v) is 3.94. The summed E-state index contributed by atoms with van der Waals surface area (Å²) in [5, 5.41) is 5.62. The fraction of sp³-hybridized carbons (Fsp3) is 0.867. The van der Waals surface area contributed by atoms with Crippen LogP contribution in [0.15, 0.2) is 0 Å². The van der Waals surface area contributed by atoms with Gasteiger partial charge in [-0.15, -0.1) is 0 Å². The highest BCUT2D eigenvalue weighted by atomic mass is 16.2. The molecule has 0 spiro atoms. The lowest BCUT2D eigenvalue weighted by atomic mass is 9.87. The minimum Gasteiger partial charge on any atom is -0.348 e. The number of nitrogens with two attached hydrogens (primary N) is 1. The highest BCUT2D eigenvalue weighted by Crippen LogP contribution is 2.26. The van der Waals surface area contributed by atoms with Gasteiger partial charge in [0.15, 0.2) is 0 Å². The van der Waals surface area contributed by atoms with E-state index in [0.717, 1.165) is 12.8 Å². The van der Waals surface area contributed by atoms with E-state index < -0.39 is 11.6 Å². The fourth-order valence-electron chi connectivity index (χ4n) is 2.51. The van der Waals surface area contributed by atoms with Gasteiger partial charge in [0, 0.05) is 18.5 Å². The predicted molar refractivity (Wildman–Crippen MR) is 80.1 cm³/mol. The monoisotopic (exact) mass is 283 g/mol. The van der Waals surface area contributed by atoms with E-state index in [1.165, 1.54) is 19.3 Å². The summed E-state index contributed by atoms with van der Waals surface area (Å²) >= 11 is 0. The Hall–Kier alpha value is -1.10. The Bertz CT molecular complexity index is 336. The van der Waals surface area contributed by atoms with E-state index >= 15 is 0 Å². The SMILES string of the molecule is CC(NC(=O)CC1CCCCC1)C(=O)NC(C)(C)CN. The van der Waals surface area contributed by atoms with E-state index in [4.69, 9.17) is 5.73 Å². The lowest BCUT2D eigenvalue weighted by Crippen LogP contribution is -2.55. The molecular weight excluding hydrogens is 254 g/mol. The number of amides is 2. The van der Waals surface area contributed by atoms with Gasteiger partial charge in [0.1, 0.15) is 6.04 Å². The van der Waals surface area contributed by atoms with Gasteiger partial charge in [0.2, 0.25) is 11.8 Å². The van der Waals surface area contributed by atoms with Crippen molar-refractivity contribution < 1.29 is 9.59 Å². The molecule has 4 N–H and O–H groups in total. The largest absolute Gasteiger partial charge is 0.348 e. The topological polar surface area (TPSA) is 84.2 Å². The molecule has 0 heterocycles. The molecule has 116 valence electrons. The Labute approximate surface area is 122 Å². The molecule has 5 heteroatoms. The molecule has 1 rings (SSSR count). The molecule has 0 aromatic carbocycles. The highest BCUT2D eigenvalue weighted by molar-refractivity contribution is 5.87. The van der Waals surface area contributed by atoms with Gasteiger partial charge in [-0.25, -0.2) is 0 Å². The van der Waals surface area contributed by atoms with Crippen LogP contribution in [0.2, 0.25) is 0 Å². The quantitative estimate of drug-likeness (QED) is 0.687. The van der Waals surface area contributed by atoms with Crippen molar-refractivity contribution in [3.05, 3.63) is 0 Å². The van der Waals surface area contributed by atoms with Gasteiger partial charge in [-0.3, -0.25) is 9.59 Å². The van der Waals surface area contributed by atoms with Crippen LogP contribution in [0.4, 0.5) is 0 Å². The molecule has 20 heavy (non-hydrogen) atoms. The summed E-state index contributed by atoms with van der Waals surface area (Å²) in [6.07, 6.45) is 6.53. The number of rotatable bonds is 6. The molecule has 0 aromatic rings. The molecule has 1 fully saturated rings. The van der Waals surface area contributed by atoms with E-state index in [2.05, 4.69) is 10.6 Å². The maximum absolute atomic E-state index is 12.0. The number of carbonyl (C=O) groups is 2. The average molecular weight is 283 g/mol. The second-order valence-electron chi connectivity index (χ2n) is 6.57. The van der Waals surface area contributed by atoms with E-state index in [0.29, 0.717) is 18.9 Å². The maximum atomic E-state index is 12.0. The van der Waals surface area contributed by atoms with Crippen molar-refractivity contribution in [3.8, 4) is 0 Å². The molecule has 1 aliphatic carbocycles. The summed E-state index contributed by atoms with van der Waals surface area (Å²) in [7, 11) is 0. The maximum Gasteiger partial charge on any atom is 0.242 e. The summed E-state index contributed by atoms with van der Waals surface area (Å²) in [6, 6.07) is -0.517. The van der Waals surface area contributed by atoms with Crippen LogP contribution in [0, 0.1) is 5.92 Å². The molecule has 0 radical (unpaired) electrons. The minimum atomic E-state index is -0.517. The Morgan fingerprint density at radius 3 is 2.40 bits per heavy atom. The van der Waals surface area contributed by atoms with E-state index in [9.17, 15) is 9.59 Å². The zero-order valence-corrected chi connectivity index (χ0v) is 13.0.